The maximum absolute atomic E-state index is 14.6. The molecule has 0 spiro atoms. The first-order valence-corrected chi connectivity index (χ1v) is 13.2. The molecule has 11 heteroatoms. The van der Waals surface area contributed by atoms with E-state index < -0.39 is 18.4 Å². The summed E-state index contributed by atoms with van der Waals surface area (Å²) in [5.41, 5.74) is 3.07. The van der Waals surface area contributed by atoms with Crippen LogP contribution in [0.2, 0.25) is 0 Å². The molecular formula is C28H42Cl2FN3O5. The molecule has 1 amide bonds. The zero-order valence-electron chi connectivity index (χ0n) is 21.9. The van der Waals surface area contributed by atoms with E-state index in [0.29, 0.717) is 56.3 Å². The fraction of sp³-hybridized carbons (Fsp3) is 0.536. The monoisotopic (exact) mass is 589 g/mol. The summed E-state index contributed by atoms with van der Waals surface area (Å²) >= 11 is 0. The maximum Gasteiger partial charge on any atom is 0.257 e. The number of rotatable bonds is 8. The predicted molar refractivity (Wildman–Crippen MR) is 155 cm³/mol. The van der Waals surface area contributed by atoms with Crippen molar-refractivity contribution in [3.63, 3.8) is 0 Å². The van der Waals surface area contributed by atoms with Gasteiger partial charge in [0.15, 0.2) is 0 Å². The minimum atomic E-state index is -1.16. The average Bonchev–Trinajstić information content (AvgIpc) is 3.04. The zero-order chi connectivity index (χ0) is 25.8. The van der Waals surface area contributed by atoms with E-state index in [9.17, 15) is 14.3 Å². The highest BCUT2D eigenvalue weighted by atomic mass is 35.5. The van der Waals surface area contributed by atoms with Gasteiger partial charge in [-0.1, -0.05) is 24.3 Å². The maximum atomic E-state index is 14.6. The molecule has 2 N–H and O–H groups in total. The molecule has 0 saturated carbocycles. The van der Waals surface area contributed by atoms with Crippen LogP contribution in [-0.4, -0.2) is 108 Å². The Bertz CT molecular complexity index is 1110. The number of benzene rings is 2. The van der Waals surface area contributed by atoms with Crippen LogP contribution in [0.1, 0.15) is 30.8 Å². The number of fused-ring (bicyclic) bond motifs is 2. The van der Waals surface area contributed by atoms with Crippen molar-refractivity contribution in [2.45, 2.75) is 37.8 Å². The van der Waals surface area contributed by atoms with Gasteiger partial charge >= 0.3 is 0 Å². The predicted octanol–water partition coefficient (Wildman–Crippen LogP) is 3.06. The summed E-state index contributed by atoms with van der Waals surface area (Å²) in [5, 5.41) is 19.9. The first kappa shape index (κ1) is 31.4. The van der Waals surface area contributed by atoms with E-state index >= 15 is 0 Å². The van der Waals surface area contributed by atoms with Crippen molar-refractivity contribution >= 4 is 30.7 Å². The Labute approximate surface area is 244 Å². The Hall–Kier alpha value is -2.14. The van der Waals surface area contributed by atoms with Crippen LogP contribution >= 0.6 is 24.8 Å². The number of hydrogen-bond acceptors (Lipinski definition) is 7. The summed E-state index contributed by atoms with van der Waals surface area (Å²) in [7, 11) is 0. The van der Waals surface area contributed by atoms with E-state index in [-0.39, 0.29) is 53.3 Å². The largest absolute Gasteiger partial charge is 0.491 e. The molecule has 0 aliphatic carbocycles. The van der Waals surface area contributed by atoms with Crippen LogP contribution in [0.25, 0.3) is 0 Å². The Morgan fingerprint density at radius 3 is 2.64 bits per heavy atom. The molecule has 2 aromatic carbocycles. The molecule has 0 radical (unpaired) electrons. The molecule has 0 bridgehead atoms. The molecule has 3 atom stereocenters. The van der Waals surface area contributed by atoms with Gasteiger partial charge in [-0.25, -0.2) is 4.39 Å². The molecule has 5 rings (SSSR count). The number of alkyl halides is 1. The Balaban J connectivity index is 0.00000210. The van der Waals surface area contributed by atoms with Gasteiger partial charge in [-0.3, -0.25) is 14.6 Å². The number of likely N-dealkylation sites (tertiary alicyclic amines) is 1. The molecule has 3 heterocycles. The second-order valence-electron chi connectivity index (χ2n) is 10.2. The SMILES string of the molecule is Cl.Cl.O=C1c2ccc(O[C@@H]3CCN(CCO)C[C@H]3F)cc2OCCN1C[C@H](O)CN1CCc2ccccc2C1.[HH].[HH]. The van der Waals surface area contributed by atoms with Crippen molar-refractivity contribution in [1.82, 2.24) is 14.7 Å². The molecule has 1 fully saturated rings. The van der Waals surface area contributed by atoms with Crippen LogP contribution < -0.4 is 9.47 Å². The van der Waals surface area contributed by atoms with Gasteiger partial charge < -0.3 is 24.6 Å². The van der Waals surface area contributed by atoms with E-state index in [1.54, 1.807) is 23.1 Å². The third-order valence-electron chi connectivity index (χ3n) is 7.47. The normalized spacial score (nSPS) is 22.3. The molecule has 8 nitrogen and oxygen atoms in total. The lowest BCUT2D eigenvalue weighted by molar-refractivity contribution is 0.0166. The summed E-state index contributed by atoms with van der Waals surface area (Å²) in [6.07, 6.45) is -0.930. The first-order chi connectivity index (χ1) is 18.0. The number of amides is 1. The van der Waals surface area contributed by atoms with Gasteiger partial charge in [0.2, 0.25) is 0 Å². The van der Waals surface area contributed by atoms with Gasteiger partial charge in [-0.2, -0.15) is 0 Å². The number of piperidine rings is 1. The number of aliphatic hydroxyl groups is 2. The minimum Gasteiger partial charge on any atom is -0.491 e. The van der Waals surface area contributed by atoms with Crippen molar-refractivity contribution in [2.24, 2.45) is 0 Å². The van der Waals surface area contributed by atoms with Gasteiger partial charge in [0.1, 0.15) is 30.4 Å². The number of hydrogen-bond donors (Lipinski definition) is 2. The van der Waals surface area contributed by atoms with Gasteiger partial charge in [-0.15, -0.1) is 24.8 Å². The number of β-amino-alcohol motifs (C(OH)–C–C–N with tert-alkyl or cyclic N) is 2. The number of nitrogens with zero attached hydrogens (tertiary/aromatic N) is 3. The number of halogens is 3. The molecule has 1 saturated heterocycles. The van der Waals surface area contributed by atoms with E-state index in [1.165, 1.54) is 11.1 Å². The summed E-state index contributed by atoms with van der Waals surface area (Å²) in [6.45, 7) is 4.45. The second kappa shape index (κ2) is 14.5. The highest BCUT2D eigenvalue weighted by molar-refractivity contribution is 5.97. The zero-order valence-corrected chi connectivity index (χ0v) is 23.5. The van der Waals surface area contributed by atoms with Crippen molar-refractivity contribution in [1.29, 1.82) is 0 Å². The number of carbonyl (C=O) groups is 1. The Kier molecular flexibility index (Phi) is 11.7. The molecule has 220 valence electrons. The second-order valence-corrected chi connectivity index (χ2v) is 10.2. The van der Waals surface area contributed by atoms with E-state index in [4.69, 9.17) is 14.6 Å². The highest BCUT2D eigenvalue weighted by Crippen LogP contribution is 2.30. The first-order valence-electron chi connectivity index (χ1n) is 13.2. The van der Waals surface area contributed by atoms with Crippen LogP contribution in [0.3, 0.4) is 0 Å². The molecule has 2 aromatic rings. The van der Waals surface area contributed by atoms with Crippen LogP contribution in [0, 0.1) is 0 Å². The third-order valence-corrected chi connectivity index (χ3v) is 7.47. The number of aliphatic hydroxyl groups excluding tert-OH is 2. The fourth-order valence-corrected chi connectivity index (χ4v) is 5.50. The van der Waals surface area contributed by atoms with Crippen molar-refractivity contribution in [3.05, 3.63) is 59.2 Å². The standard InChI is InChI=1S/C28H36FN3O5.2ClH.2H2/c29-25-19-30(11-13-33)10-8-26(25)37-23-5-6-24-27(15-23)36-14-12-32(28(24)35)18-22(34)17-31-9-7-20-3-1-2-4-21(20)16-31;;;;/h1-6,15,22,25-26,33-34H,7-14,16-19H2;4*1H/t22-,25-,26-;;;;/m1..../s1. The van der Waals surface area contributed by atoms with Crippen LogP contribution in [0.4, 0.5) is 4.39 Å². The lowest BCUT2D eigenvalue weighted by atomic mass is 10.00. The molecule has 0 unspecified atom stereocenters. The van der Waals surface area contributed by atoms with Gasteiger partial charge in [0.25, 0.3) is 5.91 Å². The highest BCUT2D eigenvalue weighted by Gasteiger charge is 2.32. The molecule has 0 aromatic heterocycles. The topological polar surface area (TPSA) is 85.7 Å². The number of carbonyl (C=O) groups excluding carboxylic acids is 1. The van der Waals surface area contributed by atoms with Crippen LogP contribution in [0.15, 0.2) is 42.5 Å². The van der Waals surface area contributed by atoms with Crippen LogP contribution in [-0.2, 0) is 13.0 Å². The Morgan fingerprint density at radius 2 is 1.87 bits per heavy atom. The molecule has 3 aliphatic heterocycles. The van der Waals surface area contributed by atoms with E-state index in [2.05, 4.69) is 23.1 Å². The lowest BCUT2D eigenvalue weighted by Gasteiger charge is -2.34. The smallest absolute Gasteiger partial charge is 0.257 e. The molecule has 39 heavy (non-hydrogen) atoms. The van der Waals surface area contributed by atoms with Crippen LogP contribution in [0.5, 0.6) is 11.5 Å². The average molecular weight is 591 g/mol. The summed E-state index contributed by atoms with van der Waals surface area (Å²) in [6, 6.07) is 13.4. The van der Waals surface area contributed by atoms with E-state index in [0.717, 1.165) is 19.5 Å². The van der Waals surface area contributed by atoms with Gasteiger partial charge in [0.05, 0.1) is 24.8 Å². The lowest BCUT2D eigenvalue weighted by Crippen LogP contribution is -2.47. The summed E-state index contributed by atoms with van der Waals surface area (Å²) in [5.74, 6) is 0.691. The molecule has 3 aliphatic rings. The van der Waals surface area contributed by atoms with Crippen molar-refractivity contribution < 1.29 is 31.7 Å². The number of ether oxygens (including phenoxy) is 2. The fourth-order valence-electron chi connectivity index (χ4n) is 5.50. The summed E-state index contributed by atoms with van der Waals surface area (Å²) < 4.78 is 26.4. The third kappa shape index (κ3) is 7.74. The minimum absolute atomic E-state index is 0. The van der Waals surface area contributed by atoms with Crippen molar-refractivity contribution in [3.8, 4) is 11.5 Å². The van der Waals surface area contributed by atoms with Crippen molar-refractivity contribution in [2.75, 3.05) is 59.0 Å². The molecular weight excluding hydrogens is 548 g/mol. The summed E-state index contributed by atoms with van der Waals surface area (Å²) in [4.78, 5) is 19.0. The Morgan fingerprint density at radius 1 is 1.08 bits per heavy atom. The van der Waals surface area contributed by atoms with Gasteiger partial charge in [-0.05, 0) is 36.1 Å². The quantitative estimate of drug-likeness (QED) is 0.489. The van der Waals surface area contributed by atoms with Gasteiger partial charge in [0, 0.05) is 54.7 Å². The van der Waals surface area contributed by atoms with E-state index in [1.807, 2.05) is 11.0 Å².